The molecule has 1 heterocycles. The summed E-state index contributed by atoms with van der Waals surface area (Å²) in [6.07, 6.45) is 0. The van der Waals surface area contributed by atoms with Crippen LogP contribution in [0.3, 0.4) is 0 Å². The van der Waals surface area contributed by atoms with Gasteiger partial charge in [0.25, 0.3) is 0 Å². The minimum absolute atomic E-state index is 0.0357. The van der Waals surface area contributed by atoms with Crippen LogP contribution in [-0.4, -0.2) is 10.8 Å². The lowest BCUT2D eigenvalue weighted by molar-refractivity contribution is 0.103. The van der Waals surface area contributed by atoms with E-state index in [0.29, 0.717) is 11.4 Å². The first kappa shape index (κ1) is 12.4. The fraction of sp³-hybridized carbons (Fsp3) is 0.214. The van der Waals surface area contributed by atoms with Gasteiger partial charge in [0, 0.05) is 11.4 Å². The van der Waals surface area contributed by atoms with Gasteiger partial charge in [-0.1, -0.05) is 0 Å². The third-order valence-corrected chi connectivity index (χ3v) is 3.28. The number of anilines is 1. The smallest absolute Gasteiger partial charge is 0.212 e. The maximum absolute atomic E-state index is 13.7. The van der Waals surface area contributed by atoms with Gasteiger partial charge in [0.2, 0.25) is 5.78 Å². The van der Waals surface area contributed by atoms with Crippen LogP contribution in [-0.2, 0) is 0 Å². The van der Waals surface area contributed by atoms with Crippen molar-refractivity contribution in [3.05, 3.63) is 52.1 Å². The second-order valence-corrected chi connectivity index (χ2v) is 4.44. The van der Waals surface area contributed by atoms with Crippen LogP contribution in [0.2, 0.25) is 0 Å². The topological polar surface area (TPSA) is 58.9 Å². The lowest BCUT2D eigenvalue weighted by atomic mass is 10.0. The van der Waals surface area contributed by atoms with E-state index in [2.05, 4.69) is 4.98 Å². The number of ketones is 1. The first-order valence-corrected chi connectivity index (χ1v) is 5.67. The van der Waals surface area contributed by atoms with Gasteiger partial charge in [-0.2, -0.15) is 0 Å². The van der Waals surface area contributed by atoms with Gasteiger partial charge in [0.15, 0.2) is 0 Å². The molecule has 94 valence electrons. The number of carbonyl (C=O) groups is 1. The molecule has 2 rings (SSSR count). The van der Waals surface area contributed by atoms with Gasteiger partial charge in [-0.25, -0.2) is 4.39 Å². The number of hydrogen-bond donors (Lipinski definition) is 2. The minimum atomic E-state index is -0.593. The number of rotatable bonds is 2. The van der Waals surface area contributed by atoms with E-state index in [0.717, 1.165) is 22.9 Å². The molecule has 18 heavy (non-hydrogen) atoms. The summed E-state index contributed by atoms with van der Waals surface area (Å²) in [4.78, 5) is 15.3. The highest BCUT2D eigenvalue weighted by molar-refractivity contribution is 6.09. The van der Waals surface area contributed by atoms with Crippen LogP contribution in [0.5, 0.6) is 0 Å². The first-order valence-electron chi connectivity index (χ1n) is 5.67. The van der Waals surface area contributed by atoms with E-state index < -0.39 is 5.82 Å². The Morgan fingerprint density at radius 3 is 2.39 bits per heavy atom. The van der Waals surface area contributed by atoms with Gasteiger partial charge in [-0.05, 0) is 50.1 Å². The number of H-pyrrole nitrogens is 1. The molecule has 3 nitrogen and oxygen atoms in total. The Morgan fingerprint density at radius 1 is 1.22 bits per heavy atom. The molecule has 0 bridgehead atoms. The summed E-state index contributed by atoms with van der Waals surface area (Å²) >= 11 is 0. The third kappa shape index (κ3) is 1.90. The van der Waals surface area contributed by atoms with Crippen LogP contribution in [0.4, 0.5) is 10.1 Å². The molecule has 0 atom stereocenters. The van der Waals surface area contributed by atoms with Crippen molar-refractivity contribution in [3.8, 4) is 0 Å². The van der Waals surface area contributed by atoms with Gasteiger partial charge < -0.3 is 10.7 Å². The van der Waals surface area contributed by atoms with Gasteiger partial charge >= 0.3 is 0 Å². The summed E-state index contributed by atoms with van der Waals surface area (Å²) in [7, 11) is 0. The van der Waals surface area contributed by atoms with Gasteiger partial charge in [0.1, 0.15) is 5.82 Å². The molecule has 1 aromatic carbocycles. The van der Waals surface area contributed by atoms with Gasteiger partial charge in [-0.3, -0.25) is 4.79 Å². The molecule has 2 aromatic rings. The maximum atomic E-state index is 13.7. The standard InChI is InChI=1S/C14H15FN2O/c1-7-8(2)13(17-9(7)3)14(18)11-5-4-10(16)6-12(11)15/h4-6,17H,16H2,1-3H3. The van der Waals surface area contributed by atoms with E-state index in [-0.39, 0.29) is 11.3 Å². The zero-order valence-electron chi connectivity index (χ0n) is 10.6. The highest BCUT2D eigenvalue weighted by atomic mass is 19.1. The zero-order chi connectivity index (χ0) is 13.4. The molecular formula is C14H15FN2O. The number of nitrogens with one attached hydrogen (secondary N) is 1. The molecule has 0 aliphatic heterocycles. The Morgan fingerprint density at radius 2 is 1.89 bits per heavy atom. The molecule has 0 saturated heterocycles. The molecule has 0 saturated carbocycles. The predicted molar refractivity (Wildman–Crippen MR) is 69.2 cm³/mol. The van der Waals surface area contributed by atoms with Gasteiger partial charge in [0.05, 0.1) is 11.3 Å². The number of aryl methyl sites for hydroxylation is 1. The fourth-order valence-electron chi connectivity index (χ4n) is 1.92. The lowest BCUT2D eigenvalue weighted by Crippen LogP contribution is -2.07. The van der Waals surface area contributed by atoms with E-state index in [1.165, 1.54) is 12.1 Å². The van der Waals surface area contributed by atoms with Crippen molar-refractivity contribution in [1.82, 2.24) is 4.98 Å². The van der Waals surface area contributed by atoms with Crippen LogP contribution >= 0.6 is 0 Å². The van der Waals surface area contributed by atoms with Crippen LogP contribution in [0.1, 0.15) is 32.9 Å². The van der Waals surface area contributed by atoms with Crippen molar-refractivity contribution in [2.24, 2.45) is 0 Å². The second kappa shape index (κ2) is 4.29. The average molecular weight is 246 g/mol. The molecule has 0 spiro atoms. The maximum Gasteiger partial charge on any atom is 0.212 e. The van der Waals surface area contributed by atoms with Gasteiger partial charge in [-0.15, -0.1) is 0 Å². The van der Waals surface area contributed by atoms with Crippen molar-refractivity contribution in [2.75, 3.05) is 5.73 Å². The SMILES string of the molecule is Cc1[nH]c(C(=O)c2ccc(N)cc2F)c(C)c1C. The quantitative estimate of drug-likeness (QED) is 0.632. The van der Waals surface area contributed by atoms with Crippen molar-refractivity contribution in [3.63, 3.8) is 0 Å². The average Bonchev–Trinajstić information content (AvgIpc) is 2.56. The van der Waals surface area contributed by atoms with Crippen LogP contribution in [0.15, 0.2) is 18.2 Å². The van der Waals surface area contributed by atoms with Crippen molar-refractivity contribution in [2.45, 2.75) is 20.8 Å². The first-order chi connectivity index (χ1) is 8.41. The van der Waals surface area contributed by atoms with E-state index >= 15 is 0 Å². The molecule has 0 unspecified atom stereocenters. The molecular weight excluding hydrogens is 231 g/mol. The Kier molecular flexibility index (Phi) is 2.95. The summed E-state index contributed by atoms with van der Waals surface area (Å²) in [6, 6.07) is 4.09. The van der Waals surface area contributed by atoms with E-state index in [1.807, 2.05) is 20.8 Å². The highest BCUT2D eigenvalue weighted by Gasteiger charge is 2.19. The van der Waals surface area contributed by atoms with Crippen LogP contribution < -0.4 is 5.73 Å². The summed E-state index contributed by atoms with van der Waals surface area (Å²) in [5.41, 5.74) is 9.05. The molecule has 0 aliphatic rings. The van der Waals surface area contributed by atoms with Crippen LogP contribution in [0, 0.1) is 26.6 Å². The minimum Gasteiger partial charge on any atom is -0.399 e. The number of aromatic amines is 1. The van der Waals surface area contributed by atoms with Crippen molar-refractivity contribution >= 4 is 11.5 Å². The highest BCUT2D eigenvalue weighted by Crippen LogP contribution is 2.21. The number of aromatic nitrogens is 1. The lowest BCUT2D eigenvalue weighted by Gasteiger charge is -2.03. The second-order valence-electron chi connectivity index (χ2n) is 4.44. The predicted octanol–water partition coefficient (Wildman–Crippen LogP) is 2.89. The largest absolute Gasteiger partial charge is 0.399 e. The monoisotopic (exact) mass is 246 g/mol. The molecule has 0 radical (unpaired) electrons. The zero-order valence-corrected chi connectivity index (χ0v) is 10.6. The number of benzene rings is 1. The molecule has 0 fully saturated rings. The Balaban J connectivity index is 2.51. The Bertz CT molecular complexity index is 629. The number of nitrogens with two attached hydrogens (primary N) is 1. The molecule has 3 N–H and O–H groups in total. The number of hydrogen-bond acceptors (Lipinski definition) is 2. The molecule has 4 heteroatoms. The molecule has 0 aliphatic carbocycles. The normalized spacial score (nSPS) is 10.7. The van der Waals surface area contributed by atoms with Crippen molar-refractivity contribution in [1.29, 1.82) is 0 Å². The summed E-state index contributed by atoms with van der Waals surface area (Å²) in [6.45, 7) is 5.66. The summed E-state index contributed by atoms with van der Waals surface area (Å²) in [5.74, 6) is -0.939. The third-order valence-electron chi connectivity index (χ3n) is 3.28. The Labute approximate surface area is 105 Å². The Hall–Kier alpha value is -2.10. The number of halogens is 1. The summed E-state index contributed by atoms with van der Waals surface area (Å²) in [5, 5.41) is 0. The van der Waals surface area contributed by atoms with Crippen LogP contribution in [0.25, 0.3) is 0 Å². The summed E-state index contributed by atoms with van der Waals surface area (Å²) < 4.78 is 13.7. The fourth-order valence-corrected chi connectivity index (χ4v) is 1.92. The van der Waals surface area contributed by atoms with Crippen molar-refractivity contribution < 1.29 is 9.18 Å². The van der Waals surface area contributed by atoms with E-state index in [4.69, 9.17) is 5.73 Å². The van der Waals surface area contributed by atoms with E-state index in [9.17, 15) is 9.18 Å². The van der Waals surface area contributed by atoms with E-state index in [1.54, 1.807) is 0 Å². The molecule has 0 amide bonds. The number of nitrogen functional groups attached to an aromatic ring is 1. The number of carbonyl (C=O) groups excluding carboxylic acids is 1. The molecule has 1 aromatic heterocycles.